The predicted octanol–water partition coefficient (Wildman–Crippen LogP) is 5.57. The number of benzene rings is 1. The van der Waals surface area contributed by atoms with Gasteiger partial charge in [0.15, 0.2) is 0 Å². The van der Waals surface area contributed by atoms with Crippen molar-refractivity contribution in [2.75, 3.05) is 0 Å². The van der Waals surface area contributed by atoms with Crippen molar-refractivity contribution in [3.8, 4) is 0 Å². The molecule has 0 saturated heterocycles. The van der Waals surface area contributed by atoms with Gasteiger partial charge in [-0.2, -0.15) is 43.9 Å². The van der Waals surface area contributed by atoms with Crippen molar-refractivity contribution in [3.63, 3.8) is 0 Å². The van der Waals surface area contributed by atoms with Gasteiger partial charge in [-0.1, -0.05) is 25.1 Å². The Morgan fingerprint density at radius 2 is 1.00 bits per heavy atom. The minimum atomic E-state index is -6.14. The molecule has 0 aliphatic rings. The highest BCUT2D eigenvalue weighted by molar-refractivity contribution is 5.45. The zero-order valence-corrected chi connectivity index (χ0v) is 10.6. The number of rotatable bonds is 3. The van der Waals surface area contributed by atoms with E-state index in [1.807, 2.05) is 0 Å². The van der Waals surface area contributed by atoms with E-state index < -0.39 is 40.9 Å². The zero-order chi connectivity index (χ0) is 17.6. The highest BCUT2D eigenvalue weighted by Gasteiger charge is 2.62. The summed E-state index contributed by atoms with van der Waals surface area (Å²) in [5.41, 5.74) is -5.44. The molecule has 0 amide bonds. The molecule has 0 heterocycles. The molecule has 0 aliphatic carbocycles. The number of hydrogen-bond acceptors (Lipinski definition) is 0. The zero-order valence-electron chi connectivity index (χ0n) is 10.6. The van der Waals surface area contributed by atoms with Gasteiger partial charge in [-0.25, -0.2) is 0 Å². The fraction of sp³-hybridized carbons (Fsp3) is 0.417. The van der Waals surface area contributed by atoms with Gasteiger partial charge >= 0.3 is 24.2 Å². The SMILES string of the molecule is C[CH]c1c(C(F)(F)C(F)(F)F)cccc1C(F)(F)C(F)(F)F. The Morgan fingerprint density at radius 3 is 1.23 bits per heavy atom. The maximum Gasteiger partial charge on any atom is 0.458 e. The highest BCUT2D eigenvalue weighted by Crippen LogP contribution is 2.50. The summed E-state index contributed by atoms with van der Waals surface area (Å²) in [4.78, 5) is 0. The molecule has 0 N–H and O–H groups in total. The first kappa shape index (κ1) is 18.6. The van der Waals surface area contributed by atoms with Crippen molar-refractivity contribution in [1.82, 2.24) is 0 Å². The highest BCUT2D eigenvalue weighted by atomic mass is 19.4. The Kier molecular flexibility index (Phi) is 4.48. The minimum absolute atomic E-state index is 0.152. The van der Waals surface area contributed by atoms with Gasteiger partial charge in [-0.3, -0.25) is 0 Å². The number of alkyl halides is 10. The lowest BCUT2D eigenvalue weighted by molar-refractivity contribution is -0.292. The van der Waals surface area contributed by atoms with Gasteiger partial charge in [0.2, 0.25) is 0 Å². The smallest absolute Gasteiger partial charge is 0.191 e. The van der Waals surface area contributed by atoms with Gasteiger partial charge in [-0.15, -0.1) is 0 Å². The molecule has 0 nitrogen and oxygen atoms in total. The molecule has 0 aliphatic heterocycles. The molecule has 1 radical (unpaired) electrons. The van der Waals surface area contributed by atoms with Crippen LogP contribution in [0, 0.1) is 6.42 Å². The molecule has 0 unspecified atom stereocenters. The summed E-state index contributed by atoms with van der Waals surface area (Å²) in [5, 5.41) is 0. The van der Waals surface area contributed by atoms with Crippen LogP contribution < -0.4 is 0 Å². The quantitative estimate of drug-likeness (QED) is 0.631. The standard InChI is InChI=1S/C12H7F10/c1-2-6-7(9(13,14)11(17,18)19)4-3-5-8(6)10(15,16)12(20,21)22/h2-5H,1H3. The topological polar surface area (TPSA) is 0 Å². The Hall–Kier alpha value is -1.48. The molecule has 22 heavy (non-hydrogen) atoms. The van der Waals surface area contributed by atoms with Crippen LogP contribution in [0.5, 0.6) is 0 Å². The Balaban J connectivity index is 3.66. The van der Waals surface area contributed by atoms with E-state index in [1.165, 1.54) is 0 Å². The molecule has 0 spiro atoms. The normalized spacial score (nSPS) is 14.3. The monoisotopic (exact) mass is 341 g/mol. The average molecular weight is 341 g/mol. The second-order valence-corrected chi connectivity index (χ2v) is 4.20. The fourth-order valence-electron chi connectivity index (χ4n) is 1.73. The molecule has 1 aromatic rings. The summed E-state index contributed by atoms with van der Waals surface area (Å²) in [6, 6.07) is 0.592. The third-order valence-electron chi connectivity index (χ3n) is 2.78. The molecule has 10 heteroatoms. The van der Waals surface area contributed by atoms with E-state index in [0.29, 0.717) is 6.42 Å². The summed E-state index contributed by atoms with van der Waals surface area (Å²) in [5.74, 6) is -11.2. The van der Waals surface area contributed by atoms with E-state index in [4.69, 9.17) is 0 Å². The van der Waals surface area contributed by atoms with Crippen molar-refractivity contribution in [1.29, 1.82) is 0 Å². The Bertz CT molecular complexity index is 494. The van der Waals surface area contributed by atoms with Crippen LogP contribution in [0.3, 0.4) is 0 Å². The lowest BCUT2D eigenvalue weighted by Crippen LogP contribution is -2.38. The van der Waals surface area contributed by atoms with Crippen LogP contribution in [0.1, 0.15) is 23.6 Å². The molecule has 0 atom stereocenters. The lowest BCUT2D eigenvalue weighted by atomic mass is 9.91. The molecule has 0 fully saturated rings. The van der Waals surface area contributed by atoms with E-state index >= 15 is 0 Å². The summed E-state index contributed by atoms with van der Waals surface area (Å²) >= 11 is 0. The average Bonchev–Trinajstić information content (AvgIpc) is 2.34. The van der Waals surface area contributed by atoms with E-state index in [1.54, 1.807) is 0 Å². The lowest BCUT2D eigenvalue weighted by Gasteiger charge is -2.27. The van der Waals surface area contributed by atoms with Crippen LogP contribution in [-0.4, -0.2) is 12.4 Å². The van der Waals surface area contributed by atoms with Crippen LogP contribution in [0.25, 0.3) is 0 Å². The van der Waals surface area contributed by atoms with Crippen LogP contribution in [0.2, 0.25) is 0 Å². The van der Waals surface area contributed by atoms with Crippen molar-refractivity contribution in [2.45, 2.75) is 31.1 Å². The molecule has 0 bridgehead atoms. The molecular weight excluding hydrogens is 334 g/mol. The molecule has 0 aromatic heterocycles. The first-order valence-corrected chi connectivity index (χ1v) is 5.50. The summed E-state index contributed by atoms with van der Waals surface area (Å²) < 4.78 is 127. The van der Waals surface area contributed by atoms with Crippen LogP contribution in [0.15, 0.2) is 18.2 Å². The summed E-state index contributed by atoms with van der Waals surface area (Å²) in [6.07, 6.45) is -11.9. The molecule has 125 valence electrons. The number of halogens is 10. The van der Waals surface area contributed by atoms with Gasteiger partial charge < -0.3 is 0 Å². The summed E-state index contributed by atoms with van der Waals surface area (Å²) in [6.45, 7) is 0.779. The predicted molar refractivity (Wildman–Crippen MR) is 55.4 cm³/mol. The van der Waals surface area contributed by atoms with Crippen molar-refractivity contribution >= 4 is 0 Å². The van der Waals surface area contributed by atoms with Gasteiger partial charge in [0, 0.05) is 11.1 Å². The number of hydrogen-bond donors (Lipinski definition) is 0. The van der Waals surface area contributed by atoms with Gasteiger partial charge in [0.05, 0.1) is 0 Å². The van der Waals surface area contributed by atoms with E-state index in [-0.39, 0.29) is 18.2 Å². The second-order valence-electron chi connectivity index (χ2n) is 4.20. The maximum atomic E-state index is 13.3. The Labute approximate surface area is 117 Å². The van der Waals surface area contributed by atoms with Crippen molar-refractivity contribution in [2.24, 2.45) is 0 Å². The minimum Gasteiger partial charge on any atom is -0.191 e. The summed E-state index contributed by atoms with van der Waals surface area (Å²) in [7, 11) is 0. The first-order valence-electron chi connectivity index (χ1n) is 5.50. The largest absolute Gasteiger partial charge is 0.458 e. The van der Waals surface area contributed by atoms with Crippen LogP contribution in [0.4, 0.5) is 43.9 Å². The van der Waals surface area contributed by atoms with Gasteiger partial charge in [0.25, 0.3) is 0 Å². The van der Waals surface area contributed by atoms with E-state index in [9.17, 15) is 43.9 Å². The molecular formula is C12H7F10. The van der Waals surface area contributed by atoms with Crippen molar-refractivity contribution in [3.05, 3.63) is 41.3 Å². The van der Waals surface area contributed by atoms with Gasteiger partial charge in [0.1, 0.15) is 0 Å². The fourth-order valence-corrected chi connectivity index (χ4v) is 1.73. The van der Waals surface area contributed by atoms with Gasteiger partial charge in [-0.05, 0) is 12.0 Å². The van der Waals surface area contributed by atoms with Crippen LogP contribution in [-0.2, 0) is 11.8 Å². The third-order valence-corrected chi connectivity index (χ3v) is 2.78. The second kappa shape index (κ2) is 5.31. The van der Waals surface area contributed by atoms with Crippen LogP contribution >= 0.6 is 0 Å². The molecule has 1 aromatic carbocycles. The Morgan fingerprint density at radius 1 is 0.682 bits per heavy atom. The van der Waals surface area contributed by atoms with E-state index in [0.717, 1.165) is 6.92 Å². The van der Waals surface area contributed by atoms with E-state index in [2.05, 4.69) is 0 Å². The van der Waals surface area contributed by atoms with Crippen molar-refractivity contribution < 1.29 is 43.9 Å². The maximum absolute atomic E-state index is 13.3. The molecule has 0 saturated carbocycles. The molecule has 1 rings (SSSR count). The third kappa shape index (κ3) is 2.87. The first-order chi connectivity index (χ1) is 9.68.